The third-order valence-electron chi connectivity index (χ3n) is 7.75. The highest BCUT2D eigenvalue weighted by atomic mass is 16.5. The number of cyclic esters (lactones) is 2. The average Bonchev–Trinajstić information content (AvgIpc) is 2.98. The lowest BCUT2D eigenvalue weighted by atomic mass is 9.94. The van der Waals surface area contributed by atoms with E-state index >= 15 is 0 Å². The molecule has 0 bridgehead atoms. The molecule has 0 fully saturated rings. The van der Waals surface area contributed by atoms with Gasteiger partial charge in [0.1, 0.15) is 11.3 Å². The molecule has 0 aromatic heterocycles. The quantitative estimate of drug-likeness (QED) is 0.202. The Labute approximate surface area is 301 Å². The van der Waals surface area contributed by atoms with E-state index in [-0.39, 0.29) is 47.4 Å². The minimum absolute atomic E-state index is 0. The summed E-state index contributed by atoms with van der Waals surface area (Å²) < 4.78 is 10.5. The van der Waals surface area contributed by atoms with Crippen LogP contribution in [0.15, 0.2) is 48.6 Å². The number of aryl methyl sites for hydroxylation is 5. The molecule has 0 unspecified atom stereocenters. The summed E-state index contributed by atoms with van der Waals surface area (Å²) in [6.45, 7) is 8.91. The van der Waals surface area contributed by atoms with Gasteiger partial charge in [-0.2, -0.15) is 0 Å². The van der Waals surface area contributed by atoms with Crippen molar-refractivity contribution in [3.63, 3.8) is 0 Å². The predicted molar refractivity (Wildman–Crippen MR) is 195 cm³/mol. The van der Waals surface area contributed by atoms with Crippen LogP contribution in [0.5, 0.6) is 5.75 Å². The molecule has 0 radical (unpaired) electrons. The van der Waals surface area contributed by atoms with Crippen molar-refractivity contribution in [3.8, 4) is 5.75 Å². The van der Waals surface area contributed by atoms with Crippen LogP contribution in [-0.4, -0.2) is 74.5 Å². The Kier molecular flexibility index (Phi) is 19.9. The van der Waals surface area contributed by atoms with Gasteiger partial charge in [-0.3, -0.25) is 9.59 Å². The highest BCUT2D eigenvalue weighted by Gasteiger charge is 2.20. The standard InChI is InChI=1S/C19H24O3.C18H22O5.C3H8O2.H2O/c1-14-12-15(2)18-16(13-14)8-4-3-5-9-17(20)10-6-7-11-22-19(18)21;1-12-9-13-5-4-7-15(20)11-14(19)6-2-3-8-23-18(22)17(13)16(21)10-12;1-3(2,4)5;/h6,10,12-13H,3-5,7-9,11H2,1-2H3;2,6,9-10,15,20-21H,3-5,7-8,11H2,1H3;4-5H,1-2H3;1H2/b10-6-;6-2-;;/t;15-;;/m.0../s1. The Balaban J connectivity index is 0.000000443. The predicted octanol–water partition coefficient (Wildman–Crippen LogP) is 5.43. The number of hydrogen-bond acceptors (Lipinski definition) is 10. The molecule has 4 rings (SSSR count). The number of phenols is 1. The van der Waals surface area contributed by atoms with Gasteiger partial charge in [-0.1, -0.05) is 42.3 Å². The second-order valence-corrected chi connectivity index (χ2v) is 13.3. The van der Waals surface area contributed by atoms with Crippen LogP contribution >= 0.6 is 0 Å². The second kappa shape index (κ2) is 22.6. The van der Waals surface area contributed by atoms with Gasteiger partial charge in [0.15, 0.2) is 17.4 Å². The molecular weight excluding hydrogens is 656 g/mol. The molecule has 0 spiro atoms. The van der Waals surface area contributed by atoms with Crippen molar-refractivity contribution in [2.75, 3.05) is 13.2 Å². The number of carbonyl (C=O) groups excluding carboxylic acids is 4. The number of ether oxygens (including phenoxy) is 2. The minimum atomic E-state index is -1.50. The van der Waals surface area contributed by atoms with Gasteiger partial charge in [-0.05, 0) is 126 Å². The summed E-state index contributed by atoms with van der Waals surface area (Å²) in [6, 6.07) is 7.50. The van der Waals surface area contributed by atoms with E-state index < -0.39 is 17.9 Å². The van der Waals surface area contributed by atoms with Gasteiger partial charge in [0.2, 0.25) is 0 Å². The Morgan fingerprint density at radius 2 is 1.18 bits per heavy atom. The number of aliphatic hydroxyl groups excluding tert-OH is 1. The van der Waals surface area contributed by atoms with Gasteiger partial charge in [-0.15, -0.1) is 0 Å². The number of aliphatic hydroxyl groups is 3. The number of hydrogen-bond donors (Lipinski definition) is 4. The van der Waals surface area contributed by atoms with Gasteiger partial charge >= 0.3 is 11.9 Å². The normalized spacial score (nSPS) is 19.3. The monoisotopic (exact) mass is 712 g/mol. The molecule has 1 atom stereocenters. The van der Waals surface area contributed by atoms with Crippen LogP contribution in [0.3, 0.4) is 0 Å². The first-order valence-corrected chi connectivity index (χ1v) is 17.3. The maximum atomic E-state index is 12.4. The van der Waals surface area contributed by atoms with Crippen LogP contribution in [0.1, 0.15) is 120 Å². The zero-order valence-electron chi connectivity index (χ0n) is 30.6. The van der Waals surface area contributed by atoms with Gasteiger partial charge in [0, 0.05) is 12.8 Å². The smallest absolute Gasteiger partial charge is 0.342 e. The highest BCUT2D eigenvalue weighted by Crippen LogP contribution is 2.27. The molecule has 2 aromatic carbocycles. The van der Waals surface area contributed by atoms with E-state index in [0.29, 0.717) is 50.7 Å². The number of ketones is 2. The first-order valence-electron chi connectivity index (χ1n) is 17.3. The van der Waals surface area contributed by atoms with Crippen LogP contribution in [0.4, 0.5) is 0 Å². The Hall–Kier alpha value is -4.16. The molecule has 11 nitrogen and oxygen atoms in total. The number of allylic oxidation sites excluding steroid dienone is 2. The molecule has 282 valence electrons. The van der Waals surface area contributed by atoms with Crippen molar-refractivity contribution in [3.05, 3.63) is 87.5 Å². The van der Waals surface area contributed by atoms with E-state index in [9.17, 15) is 29.4 Å². The SMILES string of the molecule is CC(C)(O)O.Cc1cc(C)c2c(c1)CCCCCC(=O)/C=C\CCOC2=O.Cc1cc(O)c2c(c1)CCC[C@H](O)CC(=O)/C=C\CCOC2=O.O. The molecule has 0 amide bonds. The lowest BCUT2D eigenvalue weighted by molar-refractivity contribution is -0.127. The molecule has 11 heteroatoms. The van der Waals surface area contributed by atoms with Crippen LogP contribution in [-0.2, 0) is 31.9 Å². The summed E-state index contributed by atoms with van der Waals surface area (Å²) in [6.07, 6.45) is 12.8. The molecule has 2 heterocycles. The van der Waals surface area contributed by atoms with Gasteiger partial charge in [-0.25, -0.2) is 9.59 Å². The van der Waals surface area contributed by atoms with Crippen LogP contribution < -0.4 is 0 Å². The Bertz CT molecular complexity index is 1510. The highest BCUT2D eigenvalue weighted by molar-refractivity contribution is 5.94. The molecule has 2 aromatic rings. The largest absolute Gasteiger partial charge is 0.507 e. The van der Waals surface area contributed by atoms with Gasteiger partial charge in [0.05, 0.1) is 24.9 Å². The van der Waals surface area contributed by atoms with E-state index in [1.54, 1.807) is 18.2 Å². The van der Waals surface area contributed by atoms with Gasteiger partial charge in [0.25, 0.3) is 0 Å². The number of phenolic OH excluding ortho intramolecular Hbond substituents is 1. The fourth-order valence-electron chi connectivity index (χ4n) is 5.64. The molecule has 0 saturated carbocycles. The van der Waals surface area contributed by atoms with Crippen molar-refractivity contribution in [1.29, 1.82) is 0 Å². The number of aromatic hydroxyl groups is 1. The molecule has 0 aliphatic carbocycles. The van der Waals surface area contributed by atoms with E-state index in [1.807, 2.05) is 32.9 Å². The number of carbonyl (C=O) groups is 4. The van der Waals surface area contributed by atoms with Crippen molar-refractivity contribution in [1.82, 2.24) is 0 Å². The van der Waals surface area contributed by atoms with Crippen LogP contribution in [0.25, 0.3) is 0 Å². The molecular formula is C40H56O11. The summed E-state index contributed by atoms with van der Waals surface area (Å²) in [7, 11) is 0. The molecule has 0 saturated heterocycles. The van der Waals surface area contributed by atoms with Gasteiger partial charge < -0.3 is 35.4 Å². The third-order valence-corrected chi connectivity index (χ3v) is 7.75. The zero-order chi connectivity index (χ0) is 37.3. The lowest BCUT2D eigenvalue weighted by Gasteiger charge is -2.14. The topological polar surface area (TPSA) is 199 Å². The Morgan fingerprint density at radius 3 is 1.78 bits per heavy atom. The minimum Gasteiger partial charge on any atom is -0.507 e. The molecule has 51 heavy (non-hydrogen) atoms. The first-order chi connectivity index (χ1) is 23.5. The van der Waals surface area contributed by atoms with Crippen LogP contribution in [0.2, 0.25) is 0 Å². The zero-order valence-corrected chi connectivity index (χ0v) is 30.6. The second-order valence-electron chi connectivity index (χ2n) is 13.3. The molecule has 6 N–H and O–H groups in total. The van der Waals surface area contributed by atoms with Crippen molar-refractivity contribution < 1.29 is 54.6 Å². The first kappa shape index (κ1) is 44.9. The summed E-state index contributed by atoms with van der Waals surface area (Å²) >= 11 is 0. The fraction of sp³-hybridized carbons (Fsp3) is 0.500. The van der Waals surface area contributed by atoms with E-state index in [4.69, 9.17) is 19.7 Å². The number of benzene rings is 2. The summed E-state index contributed by atoms with van der Waals surface area (Å²) in [4.78, 5) is 47.8. The fourth-order valence-corrected chi connectivity index (χ4v) is 5.64. The van der Waals surface area contributed by atoms with E-state index in [1.165, 1.54) is 31.6 Å². The average molecular weight is 713 g/mol. The van der Waals surface area contributed by atoms with E-state index in [2.05, 4.69) is 6.07 Å². The summed E-state index contributed by atoms with van der Waals surface area (Å²) in [5.41, 5.74) is 5.71. The summed E-state index contributed by atoms with van der Waals surface area (Å²) in [5.74, 6) is -2.35. The lowest BCUT2D eigenvalue weighted by Crippen LogP contribution is -2.15. The van der Waals surface area contributed by atoms with E-state index in [0.717, 1.165) is 47.9 Å². The number of esters is 2. The molecule has 2 aliphatic rings. The number of rotatable bonds is 0. The maximum absolute atomic E-state index is 12.4. The Morgan fingerprint density at radius 1 is 0.686 bits per heavy atom. The van der Waals surface area contributed by atoms with Crippen molar-refractivity contribution in [2.24, 2.45) is 0 Å². The summed E-state index contributed by atoms with van der Waals surface area (Å²) in [5, 5.41) is 36.1. The number of fused-ring (bicyclic) bond motifs is 2. The third kappa shape index (κ3) is 18.1. The maximum Gasteiger partial charge on any atom is 0.342 e. The van der Waals surface area contributed by atoms with Crippen LogP contribution in [0, 0.1) is 20.8 Å². The van der Waals surface area contributed by atoms with Crippen molar-refractivity contribution in [2.45, 2.75) is 117 Å². The van der Waals surface area contributed by atoms with Crippen molar-refractivity contribution >= 4 is 23.5 Å². The molecule has 2 aliphatic heterocycles.